The first-order valence-corrected chi connectivity index (χ1v) is 6.63. The molecule has 0 aromatic heterocycles. The van der Waals surface area contributed by atoms with Crippen molar-refractivity contribution in [3.05, 3.63) is 36.4 Å². The van der Waals surface area contributed by atoms with Gasteiger partial charge in [-0.05, 0) is 11.5 Å². The molecule has 0 fully saturated rings. The normalized spacial score (nSPS) is 14.9. The van der Waals surface area contributed by atoms with Crippen LogP contribution in [0.4, 0.5) is 5.69 Å². The van der Waals surface area contributed by atoms with E-state index in [2.05, 4.69) is 15.3 Å². The van der Waals surface area contributed by atoms with Crippen molar-refractivity contribution < 1.29 is 9.90 Å². The van der Waals surface area contributed by atoms with Crippen molar-refractivity contribution in [1.82, 2.24) is 5.01 Å². The van der Waals surface area contributed by atoms with Crippen LogP contribution in [0.5, 0.6) is 5.75 Å². The van der Waals surface area contributed by atoms with Crippen LogP contribution in [0.3, 0.4) is 0 Å². The first-order chi connectivity index (χ1) is 10.1. The Kier molecular flexibility index (Phi) is 3.35. The quantitative estimate of drug-likeness (QED) is 0.815. The maximum Gasteiger partial charge on any atom is 0.239 e. The van der Waals surface area contributed by atoms with Gasteiger partial charge in [-0.2, -0.15) is 5.10 Å². The molecule has 106 valence electrons. The number of nitrogens with zero attached hydrogens (tertiary/aromatic N) is 4. The summed E-state index contributed by atoms with van der Waals surface area (Å²) in [6, 6.07) is 11.0. The van der Waals surface area contributed by atoms with Crippen LogP contribution in [-0.2, 0) is 4.79 Å². The molecule has 2 aromatic rings. The number of carbonyl (C=O) groups excluding carboxylic acids is 1. The van der Waals surface area contributed by atoms with E-state index >= 15 is 0 Å². The molecule has 0 atom stereocenters. The van der Waals surface area contributed by atoms with Gasteiger partial charge in [-0.25, -0.2) is 5.01 Å². The number of hydrogen-bond acceptors (Lipinski definition) is 5. The summed E-state index contributed by atoms with van der Waals surface area (Å²) in [6.45, 7) is 1.98. The number of azo groups is 1. The molecule has 1 amide bonds. The van der Waals surface area contributed by atoms with Gasteiger partial charge >= 0.3 is 0 Å². The average molecular weight is 282 g/mol. The molecule has 0 saturated carbocycles. The second-order valence-electron chi connectivity index (χ2n) is 4.76. The van der Waals surface area contributed by atoms with E-state index in [9.17, 15) is 9.90 Å². The standard InChI is InChI=1S/C15H14N4O2/c1-10(20)19-9-8-14(18-19)16-17-15-12-5-3-2-4-11(12)6-7-13(15)21/h2-7,21H,8-9H2,1H3. The molecule has 3 rings (SSSR count). The van der Waals surface area contributed by atoms with Crippen LogP contribution in [0.25, 0.3) is 10.8 Å². The van der Waals surface area contributed by atoms with Gasteiger partial charge in [0, 0.05) is 18.7 Å². The predicted molar refractivity (Wildman–Crippen MR) is 79.6 cm³/mol. The van der Waals surface area contributed by atoms with E-state index in [1.54, 1.807) is 6.07 Å². The average Bonchev–Trinajstić information content (AvgIpc) is 2.95. The Labute approximate surface area is 121 Å². The van der Waals surface area contributed by atoms with Crippen LogP contribution in [0.1, 0.15) is 13.3 Å². The molecule has 6 heteroatoms. The highest BCUT2D eigenvalue weighted by Crippen LogP contribution is 2.35. The Morgan fingerprint density at radius 3 is 2.81 bits per heavy atom. The summed E-state index contributed by atoms with van der Waals surface area (Å²) in [5.41, 5.74) is 0.414. The Balaban J connectivity index is 1.95. The molecule has 0 aliphatic carbocycles. The number of amides is 1. The van der Waals surface area contributed by atoms with Gasteiger partial charge in [-0.3, -0.25) is 4.79 Å². The molecule has 21 heavy (non-hydrogen) atoms. The molecule has 0 bridgehead atoms. The zero-order valence-electron chi connectivity index (χ0n) is 11.5. The zero-order chi connectivity index (χ0) is 14.8. The van der Waals surface area contributed by atoms with Crippen LogP contribution in [0, 0.1) is 0 Å². The molecule has 1 aliphatic rings. The van der Waals surface area contributed by atoms with Gasteiger partial charge in [0.2, 0.25) is 5.91 Å². The number of aromatic hydroxyl groups is 1. The number of hydrogen-bond donors (Lipinski definition) is 1. The monoisotopic (exact) mass is 282 g/mol. The van der Waals surface area contributed by atoms with Crippen molar-refractivity contribution in [2.75, 3.05) is 6.54 Å². The lowest BCUT2D eigenvalue weighted by Gasteiger charge is -2.05. The third-order valence-corrected chi connectivity index (χ3v) is 3.29. The summed E-state index contributed by atoms with van der Waals surface area (Å²) in [6.07, 6.45) is 0.564. The van der Waals surface area contributed by atoms with Crippen LogP contribution >= 0.6 is 0 Å². The van der Waals surface area contributed by atoms with Crippen molar-refractivity contribution in [1.29, 1.82) is 0 Å². The molecule has 0 spiro atoms. The molecule has 2 aromatic carbocycles. The molecule has 1 N–H and O–H groups in total. The van der Waals surface area contributed by atoms with Gasteiger partial charge < -0.3 is 5.11 Å². The number of amidine groups is 1. The number of fused-ring (bicyclic) bond motifs is 1. The minimum atomic E-state index is -0.117. The lowest BCUT2D eigenvalue weighted by Crippen LogP contribution is -2.19. The van der Waals surface area contributed by atoms with E-state index in [-0.39, 0.29) is 11.7 Å². The maximum absolute atomic E-state index is 11.2. The lowest BCUT2D eigenvalue weighted by molar-refractivity contribution is -0.128. The Hall–Kier alpha value is -2.76. The smallest absolute Gasteiger partial charge is 0.239 e. The zero-order valence-corrected chi connectivity index (χ0v) is 11.5. The Bertz CT molecular complexity index is 767. The lowest BCUT2D eigenvalue weighted by atomic mass is 10.1. The molecule has 0 saturated heterocycles. The summed E-state index contributed by atoms with van der Waals surface area (Å²) < 4.78 is 0. The third-order valence-electron chi connectivity index (χ3n) is 3.29. The molecular weight excluding hydrogens is 268 g/mol. The second-order valence-corrected chi connectivity index (χ2v) is 4.76. The number of phenols is 1. The Morgan fingerprint density at radius 2 is 2.05 bits per heavy atom. The van der Waals surface area contributed by atoms with Crippen LogP contribution in [-0.4, -0.2) is 28.4 Å². The number of benzene rings is 2. The fraction of sp³-hybridized carbons (Fsp3) is 0.200. The van der Waals surface area contributed by atoms with E-state index in [4.69, 9.17) is 0 Å². The molecule has 6 nitrogen and oxygen atoms in total. The van der Waals surface area contributed by atoms with E-state index in [0.717, 1.165) is 10.8 Å². The van der Waals surface area contributed by atoms with Crippen molar-refractivity contribution in [2.24, 2.45) is 15.3 Å². The van der Waals surface area contributed by atoms with Crippen molar-refractivity contribution in [2.45, 2.75) is 13.3 Å². The molecule has 1 heterocycles. The van der Waals surface area contributed by atoms with E-state index < -0.39 is 0 Å². The van der Waals surface area contributed by atoms with Crippen molar-refractivity contribution >= 4 is 28.2 Å². The first kappa shape index (κ1) is 13.2. The fourth-order valence-corrected chi connectivity index (χ4v) is 2.20. The number of phenolic OH excluding ortho intramolecular Hbond substituents is 1. The molecule has 0 unspecified atom stereocenters. The van der Waals surface area contributed by atoms with Crippen molar-refractivity contribution in [3.63, 3.8) is 0 Å². The molecular formula is C15H14N4O2. The highest BCUT2D eigenvalue weighted by atomic mass is 16.3. The van der Waals surface area contributed by atoms with E-state index in [1.165, 1.54) is 11.9 Å². The van der Waals surface area contributed by atoms with Gasteiger partial charge in [0.05, 0.1) is 6.54 Å². The topological polar surface area (TPSA) is 77.6 Å². The highest BCUT2D eigenvalue weighted by Gasteiger charge is 2.17. The van der Waals surface area contributed by atoms with Gasteiger partial charge in [0.25, 0.3) is 0 Å². The van der Waals surface area contributed by atoms with Crippen LogP contribution in [0.2, 0.25) is 0 Å². The SMILES string of the molecule is CC(=O)N1CCC(N=Nc2c(O)ccc3ccccc23)=N1. The Morgan fingerprint density at radius 1 is 1.24 bits per heavy atom. The fourth-order valence-electron chi connectivity index (χ4n) is 2.20. The van der Waals surface area contributed by atoms with Crippen LogP contribution in [0.15, 0.2) is 51.7 Å². The molecule has 1 aliphatic heterocycles. The summed E-state index contributed by atoms with van der Waals surface area (Å²) in [5.74, 6) is 0.435. The van der Waals surface area contributed by atoms with Crippen molar-refractivity contribution in [3.8, 4) is 5.75 Å². The van der Waals surface area contributed by atoms with E-state index in [1.807, 2.05) is 30.3 Å². The summed E-state index contributed by atoms with van der Waals surface area (Å²) in [4.78, 5) is 11.2. The minimum Gasteiger partial charge on any atom is -0.506 e. The van der Waals surface area contributed by atoms with Gasteiger partial charge in [0.1, 0.15) is 11.4 Å². The minimum absolute atomic E-state index is 0.0690. The number of carbonyl (C=O) groups is 1. The number of hydrazone groups is 1. The van der Waals surface area contributed by atoms with Crippen LogP contribution < -0.4 is 0 Å². The van der Waals surface area contributed by atoms with Gasteiger partial charge in [0.15, 0.2) is 5.84 Å². The summed E-state index contributed by atoms with van der Waals surface area (Å²) in [7, 11) is 0. The largest absolute Gasteiger partial charge is 0.506 e. The maximum atomic E-state index is 11.2. The summed E-state index contributed by atoms with van der Waals surface area (Å²) >= 11 is 0. The van der Waals surface area contributed by atoms with Gasteiger partial charge in [-0.1, -0.05) is 30.3 Å². The number of rotatable bonds is 1. The van der Waals surface area contributed by atoms with Gasteiger partial charge in [-0.15, -0.1) is 10.2 Å². The molecule has 0 radical (unpaired) electrons. The summed E-state index contributed by atoms with van der Waals surface area (Å²) in [5, 5.41) is 25.4. The predicted octanol–water partition coefficient (Wildman–Crippen LogP) is 3.19. The van der Waals surface area contributed by atoms with E-state index in [0.29, 0.717) is 24.5 Å². The third kappa shape index (κ3) is 2.60. The highest BCUT2D eigenvalue weighted by molar-refractivity contribution is 5.95. The first-order valence-electron chi connectivity index (χ1n) is 6.63. The second kappa shape index (κ2) is 5.32.